The van der Waals surface area contributed by atoms with Crippen LogP contribution >= 0.6 is 35.6 Å². The number of guanidine groups is 1. The van der Waals surface area contributed by atoms with Crippen LogP contribution in [-0.2, 0) is 9.59 Å². The third-order valence-corrected chi connectivity index (χ3v) is 4.43. The molecule has 2 rings (SSSR count). The first kappa shape index (κ1) is 24.5. The Bertz CT molecular complexity index is 654. The molecular formula is C19H28ClIN4O3. The highest BCUT2D eigenvalue weighted by Gasteiger charge is 2.25. The summed E-state index contributed by atoms with van der Waals surface area (Å²) in [6.45, 7) is 4.54. The van der Waals surface area contributed by atoms with E-state index in [0.29, 0.717) is 56.5 Å². The summed E-state index contributed by atoms with van der Waals surface area (Å²) in [6.07, 6.45) is 1.53. The van der Waals surface area contributed by atoms with Crippen LogP contribution < -0.4 is 10.1 Å². The standard InChI is InChI=1S/C19H27ClN4O3.HI/c1-3-21-19(22-11-12-24-17(25)5-4-6-18(24)26)23(2)13-14-27-16-9-7-15(20)8-10-16;/h7-10H,3-6,11-14H2,1-2H3,(H,21,22);1H. The normalized spacial score (nSPS) is 14.5. The second-order valence-electron chi connectivity index (χ2n) is 6.25. The number of piperidine rings is 1. The van der Waals surface area contributed by atoms with E-state index in [1.165, 1.54) is 4.90 Å². The topological polar surface area (TPSA) is 74.2 Å². The molecule has 0 saturated carbocycles. The minimum atomic E-state index is -0.101. The fourth-order valence-corrected chi connectivity index (χ4v) is 2.84. The number of likely N-dealkylation sites (N-methyl/N-ethyl adjacent to an activating group) is 1. The van der Waals surface area contributed by atoms with Crippen LogP contribution in [0.5, 0.6) is 5.75 Å². The van der Waals surface area contributed by atoms with Gasteiger partial charge in [0.1, 0.15) is 12.4 Å². The van der Waals surface area contributed by atoms with Crippen LogP contribution in [0.25, 0.3) is 0 Å². The summed E-state index contributed by atoms with van der Waals surface area (Å²) < 4.78 is 5.71. The van der Waals surface area contributed by atoms with Gasteiger partial charge in [-0.1, -0.05) is 11.6 Å². The molecule has 1 aliphatic heterocycles. The number of rotatable bonds is 8. The molecule has 7 nitrogen and oxygen atoms in total. The molecule has 0 unspecified atom stereocenters. The quantitative estimate of drug-likeness (QED) is 0.246. The molecule has 0 spiro atoms. The average molecular weight is 523 g/mol. The van der Waals surface area contributed by atoms with E-state index in [2.05, 4.69) is 10.3 Å². The Balaban J connectivity index is 0.00000392. The van der Waals surface area contributed by atoms with Crippen LogP contribution in [0.1, 0.15) is 26.2 Å². The van der Waals surface area contributed by atoms with E-state index in [1.54, 1.807) is 12.1 Å². The molecule has 0 aliphatic carbocycles. The van der Waals surface area contributed by atoms with Crippen LogP contribution in [0.2, 0.25) is 5.02 Å². The van der Waals surface area contributed by atoms with Crippen molar-refractivity contribution in [2.24, 2.45) is 4.99 Å². The molecule has 0 atom stereocenters. The van der Waals surface area contributed by atoms with Crippen LogP contribution in [0.15, 0.2) is 29.3 Å². The smallest absolute Gasteiger partial charge is 0.229 e. The van der Waals surface area contributed by atoms with Crippen molar-refractivity contribution < 1.29 is 14.3 Å². The van der Waals surface area contributed by atoms with Crippen molar-refractivity contribution in [3.05, 3.63) is 29.3 Å². The maximum absolute atomic E-state index is 11.8. The third-order valence-electron chi connectivity index (χ3n) is 4.17. The van der Waals surface area contributed by atoms with Crippen LogP contribution in [0.3, 0.4) is 0 Å². The summed E-state index contributed by atoms with van der Waals surface area (Å²) in [5.74, 6) is 1.28. The molecule has 1 aromatic carbocycles. The van der Waals surface area contributed by atoms with Gasteiger partial charge in [-0.2, -0.15) is 0 Å². The first-order chi connectivity index (χ1) is 13.0. The number of halogens is 2. The maximum Gasteiger partial charge on any atom is 0.229 e. The lowest BCUT2D eigenvalue weighted by molar-refractivity contribution is -0.147. The van der Waals surface area contributed by atoms with Crippen molar-refractivity contribution >= 4 is 53.4 Å². The van der Waals surface area contributed by atoms with Gasteiger partial charge in [0.2, 0.25) is 11.8 Å². The molecule has 1 saturated heterocycles. The minimum absolute atomic E-state index is 0. The Morgan fingerprint density at radius 1 is 1.25 bits per heavy atom. The first-order valence-electron chi connectivity index (χ1n) is 9.22. The van der Waals surface area contributed by atoms with Gasteiger partial charge in [0.15, 0.2) is 5.96 Å². The molecule has 156 valence electrons. The Hall–Kier alpha value is -1.55. The zero-order valence-electron chi connectivity index (χ0n) is 16.3. The monoisotopic (exact) mass is 522 g/mol. The second kappa shape index (κ2) is 12.8. The van der Waals surface area contributed by atoms with E-state index in [1.807, 2.05) is 31.0 Å². The lowest BCUT2D eigenvalue weighted by atomic mass is 10.1. The van der Waals surface area contributed by atoms with Crippen molar-refractivity contribution in [1.82, 2.24) is 15.1 Å². The molecule has 1 heterocycles. The van der Waals surface area contributed by atoms with E-state index in [9.17, 15) is 9.59 Å². The summed E-state index contributed by atoms with van der Waals surface area (Å²) in [5.41, 5.74) is 0. The van der Waals surface area contributed by atoms with Gasteiger partial charge >= 0.3 is 0 Å². The minimum Gasteiger partial charge on any atom is -0.492 e. The fourth-order valence-electron chi connectivity index (χ4n) is 2.71. The van der Waals surface area contributed by atoms with Gasteiger partial charge < -0.3 is 15.0 Å². The highest BCUT2D eigenvalue weighted by molar-refractivity contribution is 14.0. The SMILES string of the molecule is CCNC(=NCCN1C(=O)CCCC1=O)N(C)CCOc1ccc(Cl)cc1.I. The number of hydrogen-bond acceptors (Lipinski definition) is 4. The van der Waals surface area contributed by atoms with Gasteiger partial charge in [-0.3, -0.25) is 19.5 Å². The number of carbonyl (C=O) groups is 2. The number of nitrogens with one attached hydrogen (secondary N) is 1. The van der Waals surface area contributed by atoms with E-state index in [4.69, 9.17) is 16.3 Å². The fraction of sp³-hybridized carbons (Fsp3) is 0.526. The Kier molecular flexibility index (Phi) is 11.2. The Morgan fingerprint density at radius 3 is 2.50 bits per heavy atom. The number of nitrogens with zero attached hydrogens (tertiary/aromatic N) is 3. The van der Waals surface area contributed by atoms with E-state index in [-0.39, 0.29) is 35.8 Å². The molecule has 1 aliphatic rings. The van der Waals surface area contributed by atoms with Gasteiger partial charge in [-0.25, -0.2) is 0 Å². The lowest BCUT2D eigenvalue weighted by Crippen LogP contribution is -2.43. The molecule has 28 heavy (non-hydrogen) atoms. The maximum atomic E-state index is 11.8. The number of carbonyl (C=O) groups excluding carboxylic acids is 2. The van der Waals surface area contributed by atoms with Crippen molar-refractivity contribution in [3.63, 3.8) is 0 Å². The summed E-state index contributed by atoms with van der Waals surface area (Å²) in [7, 11) is 1.92. The highest BCUT2D eigenvalue weighted by Crippen LogP contribution is 2.15. The van der Waals surface area contributed by atoms with Crippen molar-refractivity contribution in [3.8, 4) is 5.75 Å². The van der Waals surface area contributed by atoms with Gasteiger partial charge in [0.05, 0.1) is 13.1 Å². The number of imide groups is 1. The zero-order chi connectivity index (χ0) is 19.6. The molecule has 0 radical (unpaired) electrons. The van der Waals surface area contributed by atoms with Crippen LogP contribution in [0.4, 0.5) is 0 Å². The molecular weight excluding hydrogens is 495 g/mol. The Labute approximate surface area is 188 Å². The second-order valence-corrected chi connectivity index (χ2v) is 6.69. The molecule has 1 N–H and O–H groups in total. The first-order valence-corrected chi connectivity index (χ1v) is 9.60. The Morgan fingerprint density at radius 2 is 1.89 bits per heavy atom. The largest absolute Gasteiger partial charge is 0.492 e. The number of ether oxygens (including phenoxy) is 1. The summed E-state index contributed by atoms with van der Waals surface area (Å²) in [6, 6.07) is 7.23. The number of benzene rings is 1. The predicted octanol–water partition coefficient (Wildman–Crippen LogP) is 2.77. The molecule has 1 fully saturated rings. The molecule has 2 amide bonds. The molecule has 0 aromatic heterocycles. The molecule has 9 heteroatoms. The van der Waals surface area contributed by atoms with Gasteiger partial charge in [-0.05, 0) is 37.6 Å². The zero-order valence-corrected chi connectivity index (χ0v) is 19.4. The average Bonchev–Trinajstić information content (AvgIpc) is 2.64. The van der Waals surface area contributed by atoms with Crippen molar-refractivity contribution in [2.45, 2.75) is 26.2 Å². The lowest BCUT2D eigenvalue weighted by Gasteiger charge is -2.25. The third kappa shape index (κ3) is 7.83. The van der Waals surface area contributed by atoms with Crippen LogP contribution in [-0.4, -0.2) is 67.4 Å². The number of amides is 2. The number of likely N-dealkylation sites (tertiary alicyclic amines) is 1. The summed E-state index contributed by atoms with van der Waals surface area (Å²) in [4.78, 5) is 31.5. The highest BCUT2D eigenvalue weighted by atomic mass is 127. The van der Waals surface area contributed by atoms with Gasteiger partial charge in [-0.15, -0.1) is 24.0 Å². The number of aliphatic imine (C=N–C) groups is 1. The van der Waals surface area contributed by atoms with E-state index in [0.717, 1.165) is 12.3 Å². The summed E-state index contributed by atoms with van der Waals surface area (Å²) >= 11 is 5.86. The van der Waals surface area contributed by atoms with Gasteiger partial charge in [0.25, 0.3) is 0 Å². The predicted molar refractivity (Wildman–Crippen MR) is 122 cm³/mol. The van der Waals surface area contributed by atoms with Crippen molar-refractivity contribution in [1.29, 1.82) is 0 Å². The number of hydrogen-bond donors (Lipinski definition) is 1. The van der Waals surface area contributed by atoms with E-state index < -0.39 is 0 Å². The van der Waals surface area contributed by atoms with Gasteiger partial charge in [0, 0.05) is 38.0 Å². The summed E-state index contributed by atoms with van der Waals surface area (Å²) in [5, 5.41) is 3.89. The van der Waals surface area contributed by atoms with E-state index >= 15 is 0 Å². The van der Waals surface area contributed by atoms with Crippen molar-refractivity contribution in [2.75, 3.05) is 39.8 Å². The molecule has 1 aromatic rings. The van der Waals surface area contributed by atoms with Crippen LogP contribution in [0, 0.1) is 0 Å². The molecule has 0 bridgehead atoms.